The minimum Gasteiger partial charge on any atom is -0.381 e. The smallest absolute Gasteiger partial charge is 0.240 e. The predicted molar refractivity (Wildman–Crippen MR) is 86.2 cm³/mol. The van der Waals surface area contributed by atoms with Gasteiger partial charge in [0.2, 0.25) is 10.0 Å². The number of halogens is 1. The summed E-state index contributed by atoms with van der Waals surface area (Å²) < 4.78 is 25.8. The number of benzene rings is 2. The Labute approximate surface area is 130 Å². The Morgan fingerprint density at radius 1 is 1.14 bits per heavy atom. The molecule has 0 amide bonds. The summed E-state index contributed by atoms with van der Waals surface area (Å²) in [4.78, 5) is 0.233. The third kappa shape index (κ3) is 3.97. The van der Waals surface area contributed by atoms with Crippen LogP contribution in [0.25, 0.3) is 0 Å². The van der Waals surface area contributed by atoms with Gasteiger partial charge in [-0.1, -0.05) is 29.8 Å². The molecule has 0 spiro atoms. The molecule has 0 aliphatic heterocycles. The number of aryl methyl sites for hydroxylation is 1. The van der Waals surface area contributed by atoms with E-state index in [1.807, 2.05) is 31.2 Å². The van der Waals surface area contributed by atoms with Crippen molar-refractivity contribution in [3.05, 3.63) is 58.6 Å². The number of rotatable bonds is 5. The molecule has 2 rings (SSSR count). The van der Waals surface area contributed by atoms with Crippen molar-refractivity contribution in [2.24, 2.45) is 0 Å². The highest BCUT2D eigenvalue weighted by atomic mass is 35.5. The van der Waals surface area contributed by atoms with Crippen LogP contribution in [0.5, 0.6) is 0 Å². The van der Waals surface area contributed by atoms with Gasteiger partial charge in [-0.3, -0.25) is 0 Å². The molecule has 0 bridgehead atoms. The first-order chi connectivity index (χ1) is 9.92. The molecule has 0 unspecified atom stereocenters. The van der Waals surface area contributed by atoms with Crippen molar-refractivity contribution in [1.29, 1.82) is 0 Å². The van der Waals surface area contributed by atoms with Crippen molar-refractivity contribution in [1.82, 2.24) is 4.72 Å². The summed E-state index contributed by atoms with van der Waals surface area (Å²) in [5.74, 6) is 0. The van der Waals surface area contributed by atoms with Crippen LogP contribution in [-0.2, 0) is 16.6 Å². The Morgan fingerprint density at radius 2 is 1.90 bits per heavy atom. The molecular formula is C15H17ClN2O2S. The van der Waals surface area contributed by atoms with Crippen LogP contribution in [0.4, 0.5) is 5.69 Å². The normalized spacial score (nSPS) is 11.4. The fourth-order valence-electron chi connectivity index (χ4n) is 1.84. The molecule has 2 aromatic carbocycles. The Balaban J connectivity index is 2.13. The molecule has 0 heterocycles. The molecule has 112 valence electrons. The van der Waals surface area contributed by atoms with E-state index >= 15 is 0 Å². The highest BCUT2D eigenvalue weighted by Gasteiger charge is 2.11. The fraction of sp³-hybridized carbons (Fsp3) is 0.200. The van der Waals surface area contributed by atoms with E-state index in [4.69, 9.17) is 11.6 Å². The lowest BCUT2D eigenvalue weighted by Gasteiger charge is -2.09. The van der Waals surface area contributed by atoms with Gasteiger partial charge in [0.15, 0.2) is 0 Å². The second-order valence-electron chi connectivity index (χ2n) is 4.67. The maximum absolute atomic E-state index is 11.8. The molecule has 2 aromatic rings. The van der Waals surface area contributed by atoms with E-state index in [0.717, 1.165) is 21.8 Å². The summed E-state index contributed by atoms with van der Waals surface area (Å²) in [5, 5.41) is 3.92. The fourth-order valence-corrected chi connectivity index (χ4v) is 2.82. The van der Waals surface area contributed by atoms with Crippen LogP contribution in [0, 0.1) is 6.92 Å². The average Bonchev–Trinajstić information content (AvgIpc) is 2.49. The lowest BCUT2D eigenvalue weighted by Crippen LogP contribution is -2.18. The summed E-state index contributed by atoms with van der Waals surface area (Å²) in [7, 11) is -2.03. The molecule has 0 radical (unpaired) electrons. The molecular weight excluding hydrogens is 308 g/mol. The van der Waals surface area contributed by atoms with Gasteiger partial charge in [-0.2, -0.15) is 0 Å². The van der Waals surface area contributed by atoms with Gasteiger partial charge in [0.1, 0.15) is 0 Å². The quantitative estimate of drug-likeness (QED) is 0.888. The van der Waals surface area contributed by atoms with E-state index in [0.29, 0.717) is 6.54 Å². The van der Waals surface area contributed by atoms with Crippen molar-refractivity contribution < 1.29 is 8.42 Å². The van der Waals surface area contributed by atoms with Gasteiger partial charge in [0.25, 0.3) is 0 Å². The second-order valence-corrected chi connectivity index (χ2v) is 6.97. The van der Waals surface area contributed by atoms with Crippen molar-refractivity contribution in [3.8, 4) is 0 Å². The molecule has 2 N–H and O–H groups in total. The Kier molecular flexibility index (Phi) is 4.88. The van der Waals surface area contributed by atoms with E-state index in [1.165, 1.54) is 7.05 Å². The predicted octanol–water partition coefficient (Wildman–Crippen LogP) is 3.17. The molecule has 0 fully saturated rings. The lowest BCUT2D eigenvalue weighted by atomic mass is 10.1. The van der Waals surface area contributed by atoms with Crippen LogP contribution in [-0.4, -0.2) is 15.5 Å². The molecule has 4 nitrogen and oxygen atoms in total. The van der Waals surface area contributed by atoms with E-state index in [-0.39, 0.29) is 4.90 Å². The van der Waals surface area contributed by atoms with Crippen LogP contribution in [0.3, 0.4) is 0 Å². The summed E-state index contributed by atoms with van der Waals surface area (Å²) in [6.07, 6.45) is 0. The molecule has 0 aromatic heterocycles. The third-order valence-corrected chi connectivity index (χ3v) is 4.97. The van der Waals surface area contributed by atoms with Gasteiger partial charge < -0.3 is 5.32 Å². The molecule has 21 heavy (non-hydrogen) atoms. The Bertz CT molecular complexity index is 745. The van der Waals surface area contributed by atoms with Gasteiger partial charge in [-0.15, -0.1) is 0 Å². The van der Waals surface area contributed by atoms with Gasteiger partial charge in [0.05, 0.1) is 4.90 Å². The highest BCUT2D eigenvalue weighted by Crippen LogP contribution is 2.19. The van der Waals surface area contributed by atoms with Crippen molar-refractivity contribution in [3.63, 3.8) is 0 Å². The third-order valence-electron chi connectivity index (χ3n) is 3.15. The second kappa shape index (κ2) is 6.47. The molecule has 0 saturated carbocycles. The maximum atomic E-state index is 11.8. The molecule has 0 aliphatic rings. The minimum absolute atomic E-state index is 0.233. The van der Waals surface area contributed by atoms with Gasteiger partial charge in [-0.25, -0.2) is 13.1 Å². The lowest BCUT2D eigenvalue weighted by molar-refractivity contribution is 0.588. The van der Waals surface area contributed by atoms with Crippen LogP contribution in [0.2, 0.25) is 5.02 Å². The van der Waals surface area contributed by atoms with Crippen molar-refractivity contribution in [2.45, 2.75) is 18.4 Å². The standard InChI is InChI=1S/C15H17ClN2O2S/c1-11-6-7-12(8-15(11)16)10-18-13-4-3-5-14(9-13)21(19,20)17-2/h3-9,17-18H,10H2,1-2H3. The monoisotopic (exact) mass is 324 g/mol. The zero-order valence-corrected chi connectivity index (χ0v) is 13.4. The zero-order chi connectivity index (χ0) is 15.5. The van der Waals surface area contributed by atoms with Crippen LogP contribution >= 0.6 is 11.6 Å². The first-order valence-corrected chi connectivity index (χ1v) is 8.31. The van der Waals surface area contributed by atoms with Gasteiger partial charge in [-0.05, 0) is 49.4 Å². The van der Waals surface area contributed by atoms with Crippen LogP contribution in [0.15, 0.2) is 47.4 Å². The maximum Gasteiger partial charge on any atom is 0.240 e. The number of hydrogen-bond donors (Lipinski definition) is 2. The number of hydrogen-bond acceptors (Lipinski definition) is 3. The number of nitrogens with one attached hydrogen (secondary N) is 2. The zero-order valence-electron chi connectivity index (χ0n) is 11.9. The largest absolute Gasteiger partial charge is 0.381 e. The number of sulfonamides is 1. The average molecular weight is 325 g/mol. The number of anilines is 1. The first kappa shape index (κ1) is 15.8. The van der Waals surface area contributed by atoms with Crippen LogP contribution in [0.1, 0.15) is 11.1 Å². The van der Waals surface area contributed by atoms with E-state index in [9.17, 15) is 8.42 Å². The summed E-state index contributed by atoms with van der Waals surface area (Å²) >= 11 is 6.08. The summed E-state index contributed by atoms with van der Waals surface area (Å²) in [6.45, 7) is 2.52. The molecule has 0 atom stereocenters. The van der Waals surface area contributed by atoms with Gasteiger partial charge >= 0.3 is 0 Å². The minimum atomic E-state index is -3.43. The molecule has 6 heteroatoms. The Morgan fingerprint density at radius 3 is 2.57 bits per heavy atom. The van der Waals surface area contributed by atoms with Crippen LogP contribution < -0.4 is 10.0 Å². The first-order valence-electron chi connectivity index (χ1n) is 6.45. The molecule has 0 aliphatic carbocycles. The Hall–Kier alpha value is -1.56. The van der Waals surface area contributed by atoms with E-state index < -0.39 is 10.0 Å². The SMILES string of the molecule is CNS(=O)(=O)c1cccc(NCc2ccc(C)c(Cl)c2)c1. The highest BCUT2D eigenvalue weighted by molar-refractivity contribution is 7.89. The summed E-state index contributed by atoms with van der Waals surface area (Å²) in [5.41, 5.74) is 2.80. The van der Waals surface area contributed by atoms with E-state index in [2.05, 4.69) is 10.0 Å². The van der Waals surface area contributed by atoms with Gasteiger partial charge in [0, 0.05) is 17.3 Å². The van der Waals surface area contributed by atoms with Crippen molar-refractivity contribution >= 4 is 27.3 Å². The topological polar surface area (TPSA) is 58.2 Å². The van der Waals surface area contributed by atoms with Crippen molar-refractivity contribution in [2.75, 3.05) is 12.4 Å². The van der Waals surface area contributed by atoms with E-state index in [1.54, 1.807) is 18.2 Å². The molecule has 0 saturated heterocycles. The summed E-state index contributed by atoms with van der Waals surface area (Å²) in [6, 6.07) is 12.5.